The van der Waals surface area contributed by atoms with E-state index in [9.17, 15) is 14.0 Å². The van der Waals surface area contributed by atoms with Crippen molar-refractivity contribution in [1.29, 1.82) is 0 Å². The summed E-state index contributed by atoms with van der Waals surface area (Å²) in [6, 6.07) is 5.98. The summed E-state index contributed by atoms with van der Waals surface area (Å²) in [5.41, 5.74) is 0.667. The number of benzene rings is 1. The maximum absolute atomic E-state index is 13.0. The highest BCUT2D eigenvalue weighted by Gasteiger charge is 2.07. The van der Waals surface area contributed by atoms with E-state index in [0.717, 1.165) is 0 Å². The molecule has 0 fully saturated rings. The minimum atomic E-state index is -0.349. The molecule has 1 aromatic heterocycles. The number of hydrogen-bond donors (Lipinski definition) is 2. The van der Waals surface area contributed by atoms with Gasteiger partial charge in [-0.05, 0) is 17.7 Å². The molecule has 0 saturated heterocycles. The van der Waals surface area contributed by atoms with Crippen LogP contribution >= 0.6 is 0 Å². The van der Waals surface area contributed by atoms with Crippen LogP contribution in [0.1, 0.15) is 12.5 Å². The van der Waals surface area contributed by atoms with Crippen molar-refractivity contribution >= 4 is 17.6 Å². The molecule has 0 unspecified atom stereocenters. The maximum Gasteiger partial charge on any atom is 0.242 e. The second-order valence-electron chi connectivity index (χ2n) is 4.39. The van der Waals surface area contributed by atoms with Crippen LogP contribution in [-0.4, -0.2) is 26.8 Å². The van der Waals surface area contributed by atoms with Crippen molar-refractivity contribution in [3.63, 3.8) is 0 Å². The Kier molecular flexibility index (Phi) is 4.60. The summed E-state index contributed by atoms with van der Waals surface area (Å²) in [5.74, 6) is -0.630. The average Bonchev–Trinajstić information content (AvgIpc) is 2.83. The molecule has 0 aliphatic carbocycles. The first kappa shape index (κ1) is 14.6. The molecule has 0 spiro atoms. The lowest BCUT2D eigenvalue weighted by atomic mass is 10.2. The molecule has 1 aromatic carbocycles. The highest BCUT2D eigenvalue weighted by Crippen LogP contribution is 2.03. The molecule has 2 aromatic rings. The minimum absolute atomic E-state index is 0.0398. The number of rotatable bonds is 5. The first-order valence-corrected chi connectivity index (χ1v) is 6.22. The van der Waals surface area contributed by atoms with Crippen LogP contribution in [0.5, 0.6) is 0 Å². The van der Waals surface area contributed by atoms with E-state index in [1.165, 1.54) is 29.9 Å². The third-order valence-electron chi connectivity index (χ3n) is 2.53. The SMILES string of the molecule is CC(=O)Nc1cn(CC(=O)NCc2cccc(F)c2)nn1. The Labute approximate surface area is 120 Å². The van der Waals surface area contributed by atoms with E-state index in [-0.39, 0.29) is 36.5 Å². The summed E-state index contributed by atoms with van der Waals surface area (Å²) in [6.45, 7) is 1.54. The second kappa shape index (κ2) is 6.60. The normalized spacial score (nSPS) is 10.2. The molecule has 2 amide bonds. The van der Waals surface area contributed by atoms with E-state index in [1.54, 1.807) is 12.1 Å². The number of hydrogen-bond acceptors (Lipinski definition) is 4. The van der Waals surface area contributed by atoms with Crippen molar-refractivity contribution in [3.8, 4) is 0 Å². The van der Waals surface area contributed by atoms with E-state index in [2.05, 4.69) is 20.9 Å². The van der Waals surface area contributed by atoms with Crippen LogP contribution in [-0.2, 0) is 22.7 Å². The Morgan fingerprint density at radius 2 is 2.19 bits per heavy atom. The lowest BCUT2D eigenvalue weighted by Crippen LogP contribution is -2.27. The largest absolute Gasteiger partial charge is 0.350 e. The topological polar surface area (TPSA) is 88.9 Å². The quantitative estimate of drug-likeness (QED) is 0.848. The van der Waals surface area contributed by atoms with Gasteiger partial charge in [0.25, 0.3) is 0 Å². The summed E-state index contributed by atoms with van der Waals surface area (Å²) in [4.78, 5) is 22.6. The van der Waals surface area contributed by atoms with Crippen molar-refractivity contribution < 1.29 is 14.0 Å². The smallest absolute Gasteiger partial charge is 0.242 e. The van der Waals surface area contributed by atoms with Gasteiger partial charge in [-0.1, -0.05) is 17.3 Å². The summed E-state index contributed by atoms with van der Waals surface area (Å²) in [7, 11) is 0. The van der Waals surface area contributed by atoms with Gasteiger partial charge in [-0.3, -0.25) is 9.59 Å². The van der Waals surface area contributed by atoms with Gasteiger partial charge < -0.3 is 10.6 Å². The van der Waals surface area contributed by atoms with E-state index in [1.807, 2.05) is 0 Å². The molecule has 0 aliphatic heterocycles. The zero-order valence-corrected chi connectivity index (χ0v) is 11.3. The van der Waals surface area contributed by atoms with Gasteiger partial charge in [-0.15, -0.1) is 5.10 Å². The number of nitrogens with zero attached hydrogens (tertiary/aromatic N) is 3. The molecular formula is C13H14FN5O2. The van der Waals surface area contributed by atoms with Crippen molar-refractivity contribution in [2.24, 2.45) is 0 Å². The average molecular weight is 291 g/mol. The molecular weight excluding hydrogens is 277 g/mol. The molecule has 8 heteroatoms. The van der Waals surface area contributed by atoms with Crippen molar-refractivity contribution in [1.82, 2.24) is 20.3 Å². The maximum atomic E-state index is 13.0. The van der Waals surface area contributed by atoms with E-state index in [4.69, 9.17) is 0 Å². The molecule has 1 heterocycles. The highest BCUT2D eigenvalue weighted by molar-refractivity contribution is 5.87. The van der Waals surface area contributed by atoms with Gasteiger partial charge >= 0.3 is 0 Å². The van der Waals surface area contributed by atoms with Gasteiger partial charge in [-0.25, -0.2) is 9.07 Å². The Bertz CT molecular complexity index is 656. The Balaban J connectivity index is 1.84. The minimum Gasteiger partial charge on any atom is -0.350 e. The number of carbonyl (C=O) groups is 2. The highest BCUT2D eigenvalue weighted by atomic mass is 19.1. The predicted octanol–water partition coefficient (Wildman–Crippen LogP) is 0.692. The number of anilines is 1. The summed E-state index contributed by atoms with van der Waals surface area (Å²) in [5, 5.41) is 12.5. The fourth-order valence-electron chi connectivity index (χ4n) is 1.66. The lowest BCUT2D eigenvalue weighted by molar-refractivity contribution is -0.122. The van der Waals surface area contributed by atoms with Crippen LogP contribution in [0.4, 0.5) is 10.2 Å². The van der Waals surface area contributed by atoms with Crippen LogP contribution < -0.4 is 10.6 Å². The summed E-state index contributed by atoms with van der Waals surface area (Å²) >= 11 is 0. The van der Waals surface area contributed by atoms with Crippen molar-refractivity contribution in [2.75, 3.05) is 5.32 Å². The first-order chi connectivity index (χ1) is 10.0. The third-order valence-corrected chi connectivity index (χ3v) is 2.53. The fraction of sp³-hybridized carbons (Fsp3) is 0.231. The molecule has 0 aliphatic rings. The summed E-state index contributed by atoms with van der Waals surface area (Å²) in [6.07, 6.45) is 1.45. The fourth-order valence-corrected chi connectivity index (χ4v) is 1.66. The number of aromatic nitrogens is 3. The molecule has 110 valence electrons. The van der Waals surface area contributed by atoms with E-state index < -0.39 is 0 Å². The van der Waals surface area contributed by atoms with Crippen molar-refractivity contribution in [3.05, 3.63) is 41.8 Å². The molecule has 0 bridgehead atoms. The molecule has 21 heavy (non-hydrogen) atoms. The molecule has 0 radical (unpaired) electrons. The number of carbonyl (C=O) groups excluding carboxylic acids is 2. The second-order valence-corrected chi connectivity index (χ2v) is 4.39. The van der Waals surface area contributed by atoms with Crippen LogP contribution in [0.15, 0.2) is 30.5 Å². The zero-order chi connectivity index (χ0) is 15.2. The van der Waals surface area contributed by atoms with Gasteiger partial charge in [0.1, 0.15) is 12.4 Å². The number of nitrogens with one attached hydrogen (secondary N) is 2. The Hall–Kier alpha value is -2.77. The van der Waals surface area contributed by atoms with Crippen LogP contribution in [0.2, 0.25) is 0 Å². The van der Waals surface area contributed by atoms with Gasteiger partial charge in [0.15, 0.2) is 5.82 Å². The molecule has 2 rings (SSSR count). The number of halogens is 1. The first-order valence-electron chi connectivity index (χ1n) is 6.22. The van der Waals surface area contributed by atoms with E-state index >= 15 is 0 Å². The van der Waals surface area contributed by atoms with Crippen LogP contribution in [0.3, 0.4) is 0 Å². The summed E-state index contributed by atoms with van der Waals surface area (Å²) < 4.78 is 14.3. The monoisotopic (exact) mass is 291 g/mol. The number of amides is 2. The molecule has 0 atom stereocenters. The standard InChI is InChI=1S/C13H14FN5O2/c1-9(20)16-12-7-19(18-17-12)8-13(21)15-6-10-3-2-4-11(14)5-10/h2-5,7H,6,8H2,1H3,(H,15,21)(H,16,20). The van der Waals surface area contributed by atoms with Gasteiger partial charge in [0, 0.05) is 13.5 Å². The molecule has 7 nitrogen and oxygen atoms in total. The zero-order valence-electron chi connectivity index (χ0n) is 11.3. The van der Waals surface area contributed by atoms with Crippen molar-refractivity contribution in [2.45, 2.75) is 20.0 Å². The molecule has 2 N–H and O–H groups in total. The Morgan fingerprint density at radius 1 is 1.38 bits per heavy atom. The van der Waals surface area contributed by atoms with Gasteiger partial charge in [-0.2, -0.15) is 0 Å². The third kappa shape index (κ3) is 4.68. The van der Waals surface area contributed by atoms with Crippen LogP contribution in [0.25, 0.3) is 0 Å². The predicted molar refractivity (Wildman–Crippen MR) is 72.6 cm³/mol. The Morgan fingerprint density at radius 3 is 2.90 bits per heavy atom. The van der Waals surface area contributed by atoms with E-state index in [0.29, 0.717) is 5.56 Å². The van der Waals surface area contributed by atoms with Gasteiger partial charge in [0.05, 0.1) is 6.20 Å². The van der Waals surface area contributed by atoms with Gasteiger partial charge in [0.2, 0.25) is 11.8 Å². The lowest BCUT2D eigenvalue weighted by Gasteiger charge is -2.05. The molecule has 0 saturated carbocycles. The van der Waals surface area contributed by atoms with Crippen LogP contribution in [0, 0.1) is 5.82 Å².